The Morgan fingerprint density at radius 1 is 1.20 bits per heavy atom. The van der Waals surface area contributed by atoms with Crippen LogP contribution in [0.1, 0.15) is 25.3 Å². The minimum atomic E-state index is 0.765. The highest BCUT2D eigenvalue weighted by Crippen LogP contribution is 2.22. The van der Waals surface area contributed by atoms with Crippen molar-refractivity contribution in [1.29, 1.82) is 0 Å². The van der Waals surface area contributed by atoms with Crippen LogP contribution in [0.3, 0.4) is 0 Å². The van der Waals surface area contributed by atoms with Crippen LogP contribution in [0.2, 0.25) is 10.0 Å². The predicted octanol–water partition coefficient (Wildman–Crippen LogP) is 3.93. The Bertz CT molecular complexity index is 300. The molecule has 0 amide bonds. The molecule has 1 rings (SSSR count). The van der Waals surface area contributed by atoms with Crippen molar-refractivity contribution in [3.05, 3.63) is 33.8 Å². The van der Waals surface area contributed by atoms with E-state index in [1.807, 2.05) is 18.2 Å². The van der Waals surface area contributed by atoms with Crippen LogP contribution in [0.25, 0.3) is 0 Å². The molecule has 15 heavy (non-hydrogen) atoms. The van der Waals surface area contributed by atoms with E-state index in [9.17, 15) is 0 Å². The van der Waals surface area contributed by atoms with E-state index in [0.29, 0.717) is 0 Å². The topological polar surface area (TPSA) is 12.0 Å². The number of aryl methyl sites for hydroxylation is 1. The Kier molecular flexibility index (Phi) is 6.07. The molecule has 1 aromatic rings. The van der Waals surface area contributed by atoms with Gasteiger partial charge in [0.15, 0.2) is 0 Å². The molecule has 0 fully saturated rings. The van der Waals surface area contributed by atoms with Crippen LogP contribution in [0.15, 0.2) is 18.2 Å². The van der Waals surface area contributed by atoms with E-state index in [4.69, 9.17) is 23.2 Å². The molecule has 1 aromatic carbocycles. The van der Waals surface area contributed by atoms with Crippen LogP contribution in [0.5, 0.6) is 0 Å². The molecule has 0 aliphatic heterocycles. The van der Waals surface area contributed by atoms with E-state index in [1.165, 1.54) is 6.42 Å². The second-order valence-electron chi connectivity index (χ2n) is 3.55. The van der Waals surface area contributed by atoms with Crippen molar-refractivity contribution in [3.63, 3.8) is 0 Å². The third-order valence-electron chi connectivity index (χ3n) is 2.31. The smallest absolute Gasteiger partial charge is 0.0439 e. The first kappa shape index (κ1) is 12.8. The maximum atomic E-state index is 6.06. The van der Waals surface area contributed by atoms with Gasteiger partial charge < -0.3 is 5.32 Å². The highest BCUT2D eigenvalue weighted by atomic mass is 35.5. The van der Waals surface area contributed by atoms with Crippen molar-refractivity contribution in [2.45, 2.75) is 26.2 Å². The number of benzene rings is 1. The summed E-state index contributed by atoms with van der Waals surface area (Å²) in [7, 11) is 0. The normalized spacial score (nSPS) is 10.6. The molecule has 0 aromatic heterocycles. The van der Waals surface area contributed by atoms with Crippen molar-refractivity contribution in [2.24, 2.45) is 0 Å². The number of halogens is 2. The molecular weight excluding hydrogens is 229 g/mol. The van der Waals surface area contributed by atoms with Gasteiger partial charge >= 0.3 is 0 Å². The Hall–Kier alpha value is -0.240. The molecule has 84 valence electrons. The van der Waals surface area contributed by atoms with E-state index < -0.39 is 0 Å². The predicted molar refractivity (Wildman–Crippen MR) is 67.9 cm³/mol. The zero-order valence-corrected chi connectivity index (χ0v) is 10.5. The Balaban J connectivity index is 2.33. The SMILES string of the molecule is CCNCCCCc1cc(Cl)ccc1Cl. The van der Waals surface area contributed by atoms with Gasteiger partial charge in [-0.3, -0.25) is 0 Å². The van der Waals surface area contributed by atoms with E-state index in [2.05, 4.69) is 12.2 Å². The van der Waals surface area contributed by atoms with Gasteiger partial charge in [-0.25, -0.2) is 0 Å². The third kappa shape index (κ3) is 4.87. The number of nitrogens with one attached hydrogen (secondary N) is 1. The number of hydrogen-bond donors (Lipinski definition) is 1. The molecule has 0 radical (unpaired) electrons. The molecular formula is C12H17Cl2N. The fraction of sp³-hybridized carbons (Fsp3) is 0.500. The molecule has 0 aliphatic rings. The maximum absolute atomic E-state index is 6.06. The van der Waals surface area contributed by atoms with Gasteiger partial charge in [-0.15, -0.1) is 0 Å². The summed E-state index contributed by atoms with van der Waals surface area (Å²) in [6, 6.07) is 5.65. The average molecular weight is 246 g/mol. The fourth-order valence-electron chi connectivity index (χ4n) is 1.48. The molecule has 0 aliphatic carbocycles. The first-order valence-corrected chi connectivity index (χ1v) is 6.14. The molecule has 3 heteroatoms. The minimum Gasteiger partial charge on any atom is -0.317 e. The Morgan fingerprint density at radius 2 is 2.00 bits per heavy atom. The maximum Gasteiger partial charge on any atom is 0.0439 e. The lowest BCUT2D eigenvalue weighted by Gasteiger charge is -2.05. The van der Waals surface area contributed by atoms with Gasteiger partial charge in [0.1, 0.15) is 0 Å². The Morgan fingerprint density at radius 3 is 2.73 bits per heavy atom. The summed E-state index contributed by atoms with van der Waals surface area (Å²) in [4.78, 5) is 0. The van der Waals surface area contributed by atoms with Crippen molar-refractivity contribution in [2.75, 3.05) is 13.1 Å². The van der Waals surface area contributed by atoms with E-state index >= 15 is 0 Å². The standard InChI is InChI=1S/C12H17Cl2N/c1-2-15-8-4-3-5-10-9-11(13)6-7-12(10)14/h6-7,9,15H,2-5,8H2,1H3. The van der Waals surface area contributed by atoms with Gasteiger partial charge in [0, 0.05) is 10.0 Å². The van der Waals surface area contributed by atoms with Crippen molar-refractivity contribution in [3.8, 4) is 0 Å². The van der Waals surface area contributed by atoms with Crippen LogP contribution in [0, 0.1) is 0 Å². The second kappa shape index (κ2) is 7.10. The molecule has 1 N–H and O–H groups in total. The molecule has 0 heterocycles. The zero-order valence-electron chi connectivity index (χ0n) is 9.02. The molecule has 0 saturated carbocycles. The van der Waals surface area contributed by atoms with Gasteiger partial charge in [0.05, 0.1) is 0 Å². The lowest BCUT2D eigenvalue weighted by molar-refractivity contribution is 0.641. The quantitative estimate of drug-likeness (QED) is 0.750. The van der Waals surface area contributed by atoms with Crippen molar-refractivity contribution in [1.82, 2.24) is 5.32 Å². The van der Waals surface area contributed by atoms with E-state index in [-0.39, 0.29) is 0 Å². The fourth-order valence-corrected chi connectivity index (χ4v) is 1.88. The van der Waals surface area contributed by atoms with Gasteiger partial charge in [0.2, 0.25) is 0 Å². The summed E-state index contributed by atoms with van der Waals surface area (Å²) < 4.78 is 0. The third-order valence-corrected chi connectivity index (χ3v) is 2.91. The highest BCUT2D eigenvalue weighted by Gasteiger charge is 2.00. The van der Waals surface area contributed by atoms with Crippen LogP contribution in [-0.4, -0.2) is 13.1 Å². The van der Waals surface area contributed by atoms with Gasteiger partial charge in [0.25, 0.3) is 0 Å². The second-order valence-corrected chi connectivity index (χ2v) is 4.39. The summed E-state index contributed by atoms with van der Waals surface area (Å²) in [6.45, 7) is 4.24. The van der Waals surface area contributed by atoms with Gasteiger partial charge in [-0.05, 0) is 56.1 Å². The average Bonchev–Trinajstić information content (AvgIpc) is 2.23. The summed E-state index contributed by atoms with van der Waals surface area (Å²) in [5, 5.41) is 4.89. The lowest BCUT2D eigenvalue weighted by Crippen LogP contribution is -2.13. The molecule has 0 bridgehead atoms. The monoisotopic (exact) mass is 245 g/mol. The molecule has 0 unspecified atom stereocenters. The van der Waals surface area contributed by atoms with E-state index in [1.54, 1.807) is 0 Å². The van der Waals surface area contributed by atoms with E-state index in [0.717, 1.165) is 41.5 Å². The summed E-state index contributed by atoms with van der Waals surface area (Å²) in [5.41, 5.74) is 1.15. The molecule has 0 saturated heterocycles. The highest BCUT2D eigenvalue weighted by molar-refractivity contribution is 6.33. The van der Waals surface area contributed by atoms with Crippen LogP contribution < -0.4 is 5.32 Å². The molecule has 0 atom stereocenters. The zero-order chi connectivity index (χ0) is 11.1. The largest absolute Gasteiger partial charge is 0.317 e. The number of rotatable bonds is 6. The summed E-state index contributed by atoms with van der Waals surface area (Å²) in [6.07, 6.45) is 3.33. The van der Waals surface area contributed by atoms with Crippen molar-refractivity contribution >= 4 is 23.2 Å². The number of hydrogen-bond acceptors (Lipinski definition) is 1. The van der Waals surface area contributed by atoms with Gasteiger partial charge in [-0.1, -0.05) is 30.1 Å². The molecule has 0 spiro atoms. The minimum absolute atomic E-state index is 0.765. The van der Waals surface area contributed by atoms with Crippen LogP contribution >= 0.6 is 23.2 Å². The summed E-state index contributed by atoms with van der Waals surface area (Å²) in [5.74, 6) is 0. The van der Waals surface area contributed by atoms with Crippen LogP contribution in [-0.2, 0) is 6.42 Å². The first-order valence-electron chi connectivity index (χ1n) is 5.38. The molecule has 1 nitrogen and oxygen atoms in total. The summed E-state index contributed by atoms with van der Waals surface area (Å²) >= 11 is 12.0. The van der Waals surface area contributed by atoms with Crippen molar-refractivity contribution < 1.29 is 0 Å². The first-order chi connectivity index (χ1) is 7.24. The Labute approximate surface area is 102 Å². The lowest BCUT2D eigenvalue weighted by atomic mass is 10.1. The van der Waals surface area contributed by atoms with Crippen LogP contribution in [0.4, 0.5) is 0 Å². The number of unbranched alkanes of at least 4 members (excludes halogenated alkanes) is 1. The van der Waals surface area contributed by atoms with Gasteiger partial charge in [-0.2, -0.15) is 0 Å².